The van der Waals surface area contributed by atoms with Gasteiger partial charge in [-0.25, -0.2) is 14.5 Å². The summed E-state index contributed by atoms with van der Waals surface area (Å²) < 4.78 is 32.9. The standard InChI is InChI=1S/C39H42N6O4P2/c1-39(2,3)34-25-36(45(44-34)27-14-18-29(19-15-27)51(6,7)48)43-38(46)41-32-20-21-33(31-11-9-8-10-30(31)32)49-37-22-23-40-35(42-37)24-26-12-16-28(17-13-26)50(4,5)47/h8-23,25H,24H2,1-7H3,(H2,41,43,46). The molecule has 2 aromatic heterocycles. The summed E-state index contributed by atoms with van der Waals surface area (Å²) in [5.41, 5.74) is 2.88. The van der Waals surface area contributed by atoms with Gasteiger partial charge in [0.05, 0.1) is 17.1 Å². The van der Waals surface area contributed by atoms with Gasteiger partial charge in [0.15, 0.2) is 0 Å². The molecule has 2 heterocycles. The number of nitrogens with one attached hydrogen (secondary N) is 2. The molecule has 0 aliphatic carbocycles. The maximum absolute atomic E-state index is 13.5. The van der Waals surface area contributed by atoms with E-state index in [9.17, 15) is 13.9 Å². The van der Waals surface area contributed by atoms with Crippen molar-refractivity contribution in [3.8, 4) is 17.3 Å². The van der Waals surface area contributed by atoms with Gasteiger partial charge in [0, 0.05) is 51.5 Å². The minimum Gasteiger partial charge on any atom is -0.438 e. The lowest BCUT2D eigenvalue weighted by Crippen LogP contribution is -2.21. The number of hydrogen-bond donors (Lipinski definition) is 2. The van der Waals surface area contributed by atoms with Crippen LogP contribution in [0.3, 0.4) is 0 Å². The molecule has 6 aromatic rings. The fraction of sp³-hybridized carbons (Fsp3) is 0.231. The van der Waals surface area contributed by atoms with Gasteiger partial charge in [0.25, 0.3) is 0 Å². The number of carbonyl (C=O) groups is 1. The molecule has 0 aliphatic heterocycles. The summed E-state index contributed by atoms with van der Waals surface area (Å²) in [5.74, 6) is 2.06. The molecule has 2 N–H and O–H groups in total. The van der Waals surface area contributed by atoms with E-state index in [2.05, 4.69) is 41.4 Å². The van der Waals surface area contributed by atoms with Crippen LogP contribution in [-0.4, -0.2) is 52.4 Å². The molecule has 0 aliphatic rings. The Morgan fingerprint density at radius 2 is 1.41 bits per heavy atom. The molecule has 6 rings (SSSR count). The number of hydrogen-bond acceptors (Lipinski definition) is 7. The molecular formula is C39H42N6O4P2. The van der Waals surface area contributed by atoms with E-state index < -0.39 is 20.3 Å². The van der Waals surface area contributed by atoms with Crippen molar-refractivity contribution in [3.05, 3.63) is 120 Å². The summed E-state index contributed by atoms with van der Waals surface area (Å²) in [4.78, 5) is 22.6. The molecule has 12 heteroatoms. The molecule has 0 saturated carbocycles. The molecule has 0 radical (unpaired) electrons. The Balaban J connectivity index is 1.21. The molecule has 51 heavy (non-hydrogen) atoms. The van der Waals surface area contributed by atoms with Crippen LogP contribution in [0.25, 0.3) is 16.5 Å². The largest absolute Gasteiger partial charge is 0.438 e. The van der Waals surface area contributed by atoms with E-state index in [1.165, 1.54) is 0 Å². The Hall–Kier alpha value is -5.04. The van der Waals surface area contributed by atoms with Gasteiger partial charge >= 0.3 is 6.03 Å². The first kappa shape index (κ1) is 35.8. The van der Waals surface area contributed by atoms with Crippen LogP contribution in [0.1, 0.15) is 37.9 Å². The highest BCUT2D eigenvalue weighted by molar-refractivity contribution is 7.70. The van der Waals surface area contributed by atoms with Crippen LogP contribution in [0.4, 0.5) is 16.3 Å². The minimum atomic E-state index is -2.42. The summed E-state index contributed by atoms with van der Waals surface area (Å²) >= 11 is 0. The smallest absolute Gasteiger partial charge is 0.324 e. The van der Waals surface area contributed by atoms with Gasteiger partial charge in [-0.05, 0) is 68.6 Å². The van der Waals surface area contributed by atoms with Gasteiger partial charge in [-0.3, -0.25) is 5.32 Å². The number of nitrogens with zero attached hydrogens (tertiary/aromatic N) is 4. The summed E-state index contributed by atoms with van der Waals surface area (Å²) in [6.45, 7) is 13.2. The van der Waals surface area contributed by atoms with Crippen LogP contribution in [0.15, 0.2) is 103 Å². The summed E-state index contributed by atoms with van der Waals surface area (Å²) in [6, 6.07) is 29.5. The maximum atomic E-state index is 13.5. The zero-order chi connectivity index (χ0) is 36.6. The topological polar surface area (TPSA) is 128 Å². The first-order valence-electron chi connectivity index (χ1n) is 16.6. The third kappa shape index (κ3) is 8.47. The van der Waals surface area contributed by atoms with Crippen LogP contribution >= 0.6 is 14.3 Å². The summed E-state index contributed by atoms with van der Waals surface area (Å²) in [6.07, 6.45) is 2.16. The van der Waals surface area contributed by atoms with Crippen LogP contribution in [0.2, 0.25) is 0 Å². The first-order valence-corrected chi connectivity index (χ1v) is 21.8. The molecule has 4 aromatic carbocycles. The van der Waals surface area contributed by atoms with Crippen molar-refractivity contribution in [3.63, 3.8) is 0 Å². The minimum absolute atomic E-state index is 0.264. The molecule has 262 valence electrons. The number of fused-ring (bicyclic) bond motifs is 1. The molecular weight excluding hydrogens is 678 g/mol. The summed E-state index contributed by atoms with van der Waals surface area (Å²) in [5, 5.41) is 14.0. The average molecular weight is 721 g/mol. The lowest BCUT2D eigenvalue weighted by molar-refractivity contribution is 0.262. The van der Waals surface area contributed by atoms with Crippen molar-refractivity contribution in [2.45, 2.75) is 32.6 Å². The highest BCUT2D eigenvalue weighted by atomic mass is 31.2. The predicted octanol–water partition coefficient (Wildman–Crippen LogP) is 8.64. The monoisotopic (exact) mass is 720 g/mol. The van der Waals surface area contributed by atoms with E-state index in [1.54, 1.807) is 55.7 Å². The fourth-order valence-electron chi connectivity index (χ4n) is 5.52. The zero-order valence-electron chi connectivity index (χ0n) is 29.8. The number of amides is 2. The summed E-state index contributed by atoms with van der Waals surface area (Å²) in [7, 11) is -4.75. The number of aromatic nitrogens is 4. The van der Waals surface area contributed by atoms with Crippen molar-refractivity contribution in [2.24, 2.45) is 0 Å². The second-order valence-corrected chi connectivity index (χ2v) is 20.7. The Bertz CT molecular complexity index is 2320. The van der Waals surface area contributed by atoms with E-state index in [0.717, 1.165) is 38.3 Å². The van der Waals surface area contributed by atoms with Crippen molar-refractivity contribution in [1.82, 2.24) is 19.7 Å². The first-order chi connectivity index (χ1) is 24.0. The van der Waals surface area contributed by atoms with Crippen LogP contribution < -0.4 is 26.0 Å². The highest BCUT2D eigenvalue weighted by Gasteiger charge is 2.22. The Labute approximate surface area is 298 Å². The van der Waals surface area contributed by atoms with E-state index in [-0.39, 0.29) is 5.41 Å². The van der Waals surface area contributed by atoms with Gasteiger partial charge in [0.2, 0.25) is 5.88 Å². The third-order valence-electron chi connectivity index (χ3n) is 8.38. The Morgan fingerprint density at radius 3 is 2.04 bits per heavy atom. The molecule has 10 nitrogen and oxygen atoms in total. The van der Waals surface area contributed by atoms with Gasteiger partial charge < -0.3 is 19.2 Å². The van der Waals surface area contributed by atoms with Crippen molar-refractivity contribution in [1.29, 1.82) is 0 Å². The van der Waals surface area contributed by atoms with E-state index in [4.69, 9.17) is 9.84 Å². The van der Waals surface area contributed by atoms with Crippen LogP contribution in [-0.2, 0) is 21.0 Å². The Kier molecular flexibility index (Phi) is 9.78. The number of urea groups is 1. The average Bonchev–Trinajstić information content (AvgIpc) is 3.50. The van der Waals surface area contributed by atoms with Gasteiger partial charge in [-0.1, -0.05) is 69.3 Å². The van der Waals surface area contributed by atoms with Gasteiger partial charge in [-0.15, -0.1) is 0 Å². The van der Waals surface area contributed by atoms with E-state index in [0.29, 0.717) is 35.4 Å². The molecule has 2 amide bonds. The fourth-order valence-corrected chi connectivity index (χ4v) is 7.25. The maximum Gasteiger partial charge on any atom is 0.324 e. The lowest BCUT2D eigenvalue weighted by Gasteiger charge is -2.14. The SMILES string of the molecule is CC(C)(C)c1cc(NC(=O)Nc2ccc(Oc3ccnc(Cc4ccc(P(C)(C)=O)cc4)n3)c3ccccc23)n(-c2ccc(P(C)(C)=O)cc2)n1. The van der Waals surface area contributed by atoms with Gasteiger partial charge in [-0.2, -0.15) is 10.1 Å². The molecule has 0 bridgehead atoms. The number of ether oxygens (including phenoxy) is 1. The van der Waals surface area contributed by atoms with Crippen molar-refractivity contribution in [2.75, 3.05) is 37.3 Å². The van der Waals surface area contributed by atoms with E-state index >= 15 is 0 Å². The second kappa shape index (κ2) is 13.9. The normalized spacial score (nSPS) is 12.1. The van der Waals surface area contributed by atoms with E-state index in [1.807, 2.05) is 78.9 Å². The number of benzene rings is 4. The third-order valence-corrected chi connectivity index (χ3v) is 11.5. The Morgan fingerprint density at radius 1 is 0.784 bits per heavy atom. The molecule has 0 fully saturated rings. The molecule has 0 spiro atoms. The molecule has 0 unspecified atom stereocenters. The number of rotatable bonds is 9. The second-order valence-electron chi connectivity index (χ2n) is 14.3. The number of carbonyl (C=O) groups excluding carboxylic acids is 1. The van der Waals surface area contributed by atoms with Crippen LogP contribution in [0, 0.1) is 0 Å². The lowest BCUT2D eigenvalue weighted by atomic mass is 9.92. The quantitative estimate of drug-likeness (QED) is 0.143. The molecule has 0 saturated heterocycles. The zero-order valence-corrected chi connectivity index (χ0v) is 31.6. The van der Waals surface area contributed by atoms with Crippen LogP contribution in [0.5, 0.6) is 11.6 Å². The highest BCUT2D eigenvalue weighted by Crippen LogP contribution is 2.37. The van der Waals surface area contributed by atoms with Gasteiger partial charge in [0.1, 0.15) is 31.7 Å². The number of anilines is 2. The van der Waals surface area contributed by atoms with Crippen molar-refractivity contribution >= 4 is 53.2 Å². The molecule has 0 atom stereocenters. The predicted molar refractivity (Wildman–Crippen MR) is 208 cm³/mol. The van der Waals surface area contributed by atoms with Crippen molar-refractivity contribution < 1.29 is 18.7 Å².